The van der Waals surface area contributed by atoms with Crippen LogP contribution < -0.4 is 5.56 Å². The molecule has 0 aliphatic heterocycles. The Kier molecular flexibility index (Phi) is 2.34. The quantitative estimate of drug-likeness (QED) is 0.531. The Morgan fingerprint density at radius 1 is 1.00 bits per heavy atom. The summed E-state index contributed by atoms with van der Waals surface area (Å²) in [5, 5.41) is 11.7. The van der Waals surface area contributed by atoms with Gasteiger partial charge in [0.2, 0.25) is 0 Å². The van der Waals surface area contributed by atoms with Crippen molar-refractivity contribution >= 4 is 16.7 Å². The van der Waals surface area contributed by atoms with Crippen LogP contribution in [0, 0.1) is 5.82 Å². The Hall–Kier alpha value is -3.09. The van der Waals surface area contributed by atoms with Gasteiger partial charge in [-0.3, -0.25) is 4.79 Å². The second-order valence-electron chi connectivity index (χ2n) is 4.50. The highest BCUT2D eigenvalue weighted by Gasteiger charge is 2.16. The summed E-state index contributed by atoms with van der Waals surface area (Å²) >= 11 is 0. The van der Waals surface area contributed by atoms with Crippen molar-refractivity contribution in [3.05, 3.63) is 64.7 Å². The molecule has 2 aromatic heterocycles. The van der Waals surface area contributed by atoms with Crippen LogP contribution in [0.3, 0.4) is 0 Å². The maximum absolute atomic E-state index is 14.1. The Morgan fingerprint density at radius 2 is 1.76 bits per heavy atom. The normalized spacial score (nSPS) is 11.3. The third-order valence-corrected chi connectivity index (χ3v) is 3.31. The maximum atomic E-state index is 14.1. The zero-order chi connectivity index (χ0) is 14.4. The molecule has 4 aromatic rings. The molecule has 0 aliphatic carbocycles. The second-order valence-corrected chi connectivity index (χ2v) is 4.50. The van der Waals surface area contributed by atoms with Gasteiger partial charge < -0.3 is 0 Å². The number of tetrazole rings is 1. The largest absolute Gasteiger partial charge is 0.268 e. The molecule has 0 atom stereocenters. The predicted molar refractivity (Wildman–Crippen MR) is 73.8 cm³/mol. The number of benzene rings is 2. The molecule has 2 heterocycles. The molecule has 0 radical (unpaired) electrons. The number of hydrogen-bond acceptors (Lipinski definition) is 4. The molecule has 7 heteroatoms. The van der Waals surface area contributed by atoms with E-state index in [9.17, 15) is 9.18 Å². The molecule has 0 fully saturated rings. The van der Waals surface area contributed by atoms with E-state index in [1.54, 1.807) is 36.4 Å². The summed E-state index contributed by atoms with van der Waals surface area (Å²) in [6.07, 6.45) is 0. The van der Waals surface area contributed by atoms with Crippen LogP contribution in [0.1, 0.15) is 0 Å². The van der Waals surface area contributed by atoms with Gasteiger partial charge in [0.15, 0.2) is 0 Å². The summed E-state index contributed by atoms with van der Waals surface area (Å²) in [5.74, 6) is -0.344. The van der Waals surface area contributed by atoms with Gasteiger partial charge in [-0.1, -0.05) is 29.4 Å². The monoisotopic (exact) mass is 281 g/mol. The minimum Gasteiger partial charge on any atom is -0.268 e. The first kappa shape index (κ1) is 11.7. The van der Waals surface area contributed by atoms with E-state index in [1.165, 1.54) is 21.2 Å². The fraction of sp³-hybridized carbons (Fsp3) is 0. The predicted octanol–water partition coefficient (Wildman–Crippen LogP) is 1.57. The summed E-state index contributed by atoms with van der Waals surface area (Å²) in [4.78, 5) is 12.7. The van der Waals surface area contributed by atoms with Gasteiger partial charge in [-0.25, -0.2) is 8.96 Å². The lowest BCUT2D eigenvalue weighted by molar-refractivity contribution is 0.617. The van der Waals surface area contributed by atoms with E-state index in [1.807, 2.05) is 0 Å². The average molecular weight is 281 g/mol. The van der Waals surface area contributed by atoms with Crippen LogP contribution in [0.25, 0.3) is 22.4 Å². The first-order chi connectivity index (χ1) is 10.3. The standard InChI is InChI=1S/C14H8FN5O/c15-10-6-2-4-8-12(10)19-13(21)9-5-1-3-7-11(9)20-14(19)16-17-18-20/h1-8H. The van der Waals surface area contributed by atoms with Crippen molar-refractivity contribution in [1.82, 2.24) is 24.6 Å². The Morgan fingerprint density at radius 3 is 2.62 bits per heavy atom. The molecule has 2 aromatic carbocycles. The van der Waals surface area contributed by atoms with E-state index in [0.29, 0.717) is 10.9 Å². The molecule has 0 bridgehead atoms. The molecule has 0 unspecified atom stereocenters. The Labute approximate surface area is 117 Å². The van der Waals surface area contributed by atoms with E-state index in [2.05, 4.69) is 15.5 Å². The zero-order valence-corrected chi connectivity index (χ0v) is 10.6. The minimum absolute atomic E-state index is 0.119. The van der Waals surface area contributed by atoms with Crippen molar-refractivity contribution in [2.45, 2.75) is 0 Å². The highest BCUT2D eigenvalue weighted by atomic mass is 19.1. The fourth-order valence-electron chi connectivity index (χ4n) is 2.38. The van der Waals surface area contributed by atoms with Crippen LogP contribution in [-0.2, 0) is 0 Å². The topological polar surface area (TPSA) is 65.1 Å². The molecule has 6 nitrogen and oxygen atoms in total. The molecule has 0 amide bonds. The van der Waals surface area contributed by atoms with Gasteiger partial charge in [0.1, 0.15) is 5.82 Å². The highest BCUT2D eigenvalue weighted by Crippen LogP contribution is 2.16. The lowest BCUT2D eigenvalue weighted by Gasteiger charge is -2.09. The third-order valence-electron chi connectivity index (χ3n) is 3.31. The van der Waals surface area contributed by atoms with E-state index in [-0.39, 0.29) is 17.0 Å². The van der Waals surface area contributed by atoms with Crippen molar-refractivity contribution in [2.24, 2.45) is 0 Å². The number of rotatable bonds is 1. The van der Waals surface area contributed by atoms with Gasteiger partial charge in [0.05, 0.1) is 16.6 Å². The molecule has 4 rings (SSSR count). The van der Waals surface area contributed by atoms with Crippen LogP contribution in [0.4, 0.5) is 4.39 Å². The second kappa shape index (κ2) is 4.20. The van der Waals surface area contributed by atoms with Crippen molar-refractivity contribution in [3.8, 4) is 5.69 Å². The van der Waals surface area contributed by atoms with Crippen LogP contribution in [0.5, 0.6) is 0 Å². The summed E-state index contributed by atoms with van der Waals surface area (Å²) in [5.41, 5.74) is 0.334. The van der Waals surface area contributed by atoms with Crippen molar-refractivity contribution in [3.63, 3.8) is 0 Å². The van der Waals surface area contributed by atoms with Crippen LogP contribution >= 0.6 is 0 Å². The smallest absolute Gasteiger partial charge is 0.267 e. The van der Waals surface area contributed by atoms with Crippen LogP contribution in [-0.4, -0.2) is 24.6 Å². The number of aromatic nitrogens is 5. The summed E-state index contributed by atoms with van der Waals surface area (Å²) in [6.45, 7) is 0. The average Bonchev–Trinajstić information content (AvgIpc) is 2.99. The molecule has 102 valence electrons. The van der Waals surface area contributed by atoms with Crippen molar-refractivity contribution in [2.75, 3.05) is 0 Å². The number of nitrogens with zero attached hydrogens (tertiary/aromatic N) is 5. The minimum atomic E-state index is -0.514. The molecule has 0 saturated carbocycles. The molecular formula is C14H8FN5O. The third kappa shape index (κ3) is 1.57. The number of halogens is 1. The van der Waals surface area contributed by atoms with Gasteiger partial charge in [0, 0.05) is 0 Å². The summed E-state index contributed by atoms with van der Waals surface area (Å²) in [6, 6.07) is 13.0. The summed E-state index contributed by atoms with van der Waals surface area (Å²) in [7, 11) is 0. The zero-order valence-electron chi connectivity index (χ0n) is 10.6. The molecule has 0 aliphatic rings. The molecule has 0 N–H and O–H groups in total. The Balaban J connectivity index is 2.27. The van der Waals surface area contributed by atoms with Gasteiger partial charge in [0.25, 0.3) is 11.3 Å². The van der Waals surface area contributed by atoms with Gasteiger partial charge >= 0.3 is 0 Å². The van der Waals surface area contributed by atoms with Gasteiger partial charge in [-0.05, 0) is 34.7 Å². The first-order valence-corrected chi connectivity index (χ1v) is 6.24. The lowest BCUT2D eigenvalue weighted by atomic mass is 10.2. The van der Waals surface area contributed by atoms with Crippen molar-refractivity contribution in [1.29, 1.82) is 0 Å². The highest BCUT2D eigenvalue weighted by molar-refractivity contribution is 5.80. The Bertz CT molecular complexity index is 1040. The first-order valence-electron chi connectivity index (χ1n) is 6.24. The molecule has 0 saturated heterocycles. The molecule has 0 spiro atoms. The lowest BCUT2D eigenvalue weighted by Crippen LogP contribution is -2.22. The van der Waals surface area contributed by atoms with Crippen molar-refractivity contribution < 1.29 is 4.39 Å². The number of hydrogen-bond donors (Lipinski definition) is 0. The van der Waals surface area contributed by atoms with E-state index < -0.39 is 5.82 Å². The van der Waals surface area contributed by atoms with E-state index >= 15 is 0 Å². The number of fused-ring (bicyclic) bond motifs is 3. The summed E-state index contributed by atoms with van der Waals surface area (Å²) < 4.78 is 16.7. The van der Waals surface area contributed by atoms with E-state index in [0.717, 1.165) is 0 Å². The van der Waals surface area contributed by atoms with Gasteiger partial charge in [-0.15, -0.1) is 0 Å². The van der Waals surface area contributed by atoms with Gasteiger partial charge in [-0.2, -0.15) is 4.52 Å². The van der Waals surface area contributed by atoms with Crippen LogP contribution in [0.15, 0.2) is 53.3 Å². The fourth-order valence-corrected chi connectivity index (χ4v) is 2.38. The van der Waals surface area contributed by atoms with Crippen LogP contribution in [0.2, 0.25) is 0 Å². The van der Waals surface area contributed by atoms with E-state index in [4.69, 9.17) is 0 Å². The molecular weight excluding hydrogens is 273 g/mol. The number of para-hydroxylation sites is 2. The molecule has 21 heavy (non-hydrogen) atoms. The maximum Gasteiger partial charge on any atom is 0.267 e. The SMILES string of the molecule is O=c1c2ccccc2n2nnnc2n1-c1ccccc1F.